The maximum Gasteiger partial charge on any atom is 0.236 e. The Morgan fingerprint density at radius 2 is 2.00 bits per heavy atom. The van der Waals surface area contributed by atoms with Gasteiger partial charge in [-0.2, -0.15) is 0 Å². The highest BCUT2D eigenvalue weighted by molar-refractivity contribution is 5.79. The number of amides is 1. The van der Waals surface area contributed by atoms with Crippen LogP contribution < -0.4 is 5.32 Å². The second-order valence-electron chi connectivity index (χ2n) is 5.64. The van der Waals surface area contributed by atoms with E-state index >= 15 is 0 Å². The van der Waals surface area contributed by atoms with Crippen LogP contribution in [0, 0.1) is 6.92 Å². The second-order valence-corrected chi connectivity index (χ2v) is 5.64. The fourth-order valence-electron chi connectivity index (χ4n) is 2.77. The summed E-state index contributed by atoms with van der Waals surface area (Å²) in [5, 5.41) is 3.13. The standard InChI is InChI=1S/C15H20N2O/c1-12-2-4-13(5-3-12)15(6-7-15)11-17-9-8-16-10-14(17)18/h2-5,16H,6-11H2,1H3. The van der Waals surface area contributed by atoms with Crippen molar-refractivity contribution in [1.29, 1.82) is 0 Å². The van der Waals surface area contributed by atoms with E-state index < -0.39 is 0 Å². The number of piperazine rings is 1. The topological polar surface area (TPSA) is 32.3 Å². The molecule has 2 fully saturated rings. The Bertz CT molecular complexity index is 448. The van der Waals surface area contributed by atoms with E-state index in [1.807, 2.05) is 4.90 Å². The highest BCUT2D eigenvalue weighted by Gasteiger charge is 2.46. The summed E-state index contributed by atoms with van der Waals surface area (Å²) in [6, 6.07) is 8.81. The zero-order chi connectivity index (χ0) is 12.6. The molecule has 1 amide bonds. The molecule has 0 bridgehead atoms. The first-order valence-electron chi connectivity index (χ1n) is 6.75. The van der Waals surface area contributed by atoms with Gasteiger partial charge in [0.2, 0.25) is 5.91 Å². The second kappa shape index (κ2) is 4.39. The fourth-order valence-corrected chi connectivity index (χ4v) is 2.77. The molecule has 3 nitrogen and oxygen atoms in total. The highest BCUT2D eigenvalue weighted by Crippen LogP contribution is 2.48. The van der Waals surface area contributed by atoms with Gasteiger partial charge in [-0.1, -0.05) is 29.8 Å². The number of nitrogens with zero attached hydrogens (tertiary/aromatic N) is 1. The quantitative estimate of drug-likeness (QED) is 0.873. The first-order valence-corrected chi connectivity index (χ1v) is 6.75. The monoisotopic (exact) mass is 244 g/mol. The molecule has 1 aromatic rings. The maximum absolute atomic E-state index is 11.8. The SMILES string of the molecule is Cc1ccc(C2(CN3CCNCC3=O)CC2)cc1. The molecule has 1 N–H and O–H groups in total. The Labute approximate surface area is 108 Å². The van der Waals surface area contributed by atoms with Gasteiger partial charge in [-0.05, 0) is 25.3 Å². The predicted molar refractivity (Wildman–Crippen MR) is 71.5 cm³/mol. The van der Waals surface area contributed by atoms with Crippen LogP contribution in [0.25, 0.3) is 0 Å². The summed E-state index contributed by atoms with van der Waals surface area (Å²) in [4.78, 5) is 13.9. The fraction of sp³-hybridized carbons (Fsp3) is 0.533. The van der Waals surface area contributed by atoms with Crippen LogP contribution in [0.4, 0.5) is 0 Å². The summed E-state index contributed by atoms with van der Waals surface area (Å²) < 4.78 is 0. The molecule has 1 saturated carbocycles. The predicted octanol–water partition coefficient (Wildman–Crippen LogP) is 1.46. The Morgan fingerprint density at radius 1 is 1.28 bits per heavy atom. The van der Waals surface area contributed by atoms with Gasteiger partial charge in [-0.15, -0.1) is 0 Å². The molecule has 0 unspecified atom stereocenters. The van der Waals surface area contributed by atoms with Crippen LogP contribution in [-0.4, -0.2) is 37.0 Å². The van der Waals surface area contributed by atoms with Crippen molar-refractivity contribution in [3.05, 3.63) is 35.4 Å². The molecule has 1 aromatic carbocycles. The van der Waals surface area contributed by atoms with Gasteiger partial charge >= 0.3 is 0 Å². The minimum atomic E-state index is 0.250. The Hall–Kier alpha value is -1.35. The Balaban J connectivity index is 1.75. The van der Waals surface area contributed by atoms with Crippen LogP contribution in [0.15, 0.2) is 24.3 Å². The highest BCUT2D eigenvalue weighted by atomic mass is 16.2. The van der Waals surface area contributed by atoms with E-state index in [0.717, 1.165) is 19.6 Å². The normalized spacial score (nSPS) is 22.1. The van der Waals surface area contributed by atoms with Crippen LogP contribution in [0.3, 0.4) is 0 Å². The Morgan fingerprint density at radius 3 is 2.61 bits per heavy atom. The molecule has 0 spiro atoms. The molecule has 0 atom stereocenters. The van der Waals surface area contributed by atoms with E-state index in [4.69, 9.17) is 0 Å². The molecule has 0 radical (unpaired) electrons. The molecule has 1 saturated heterocycles. The smallest absolute Gasteiger partial charge is 0.236 e. The van der Waals surface area contributed by atoms with E-state index in [1.165, 1.54) is 24.0 Å². The van der Waals surface area contributed by atoms with Crippen molar-refractivity contribution in [2.24, 2.45) is 0 Å². The van der Waals surface area contributed by atoms with Gasteiger partial charge in [0.05, 0.1) is 6.54 Å². The summed E-state index contributed by atoms with van der Waals surface area (Å²) >= 11 is 0. The molecule has 3 rings (SSSR count). The number of benzene rings is 1. The van der Waals surface area contributed by atoms with E-state index in [2.05, 4.69) is 36.5 Å². The summed E-state index contributed by atoms with van der Waals surface area (Å²) in [6.07, 6.45) is 2.43. The third kappa shape index (κ3) is 2.15. The lowest BCUT2D eigenvalue weighted by Gasteiger charge is -2.31. The van der Waals surface area contributed by atoms with Crippen LogP contribution >= 0.6 is 0 Å². The van der Waals surface area contributed by atoms with Crippen LogP contribution in [-0.2, 0) is 10.2 Å². The zero-order valence-corrected chi connectivity index (χ0v) is 10.9. The van der Waals surface area contributed by atoms with Crippen molar-refractivity contribution in [2.45, 2.75) is 25.2 Å². The van der Waals surface area contributed by atoms with Crippen molar-refractivity contribution >= 4 is 5.91 Å². The maximum atomic E-state index is 11.8. The van der Waals surface area contributed by atoms with Crippen molar-refractivity contribution < 1.29 is 4.79 Å². The largest absolute Gasteiger partial charge is 0.339 e. The summed E-state index contributed by atoms with van der Waals surface area (Å²) in [5.41, 5.74) is 2.95. The van der Waals surface area contributed by atoms with E-state index in [-0.39, 0.29) is 11.3 Å². The molecule has 1 aliphatic carbocycles. The van der Waals surface area contributed by atoms with Gasteiger partial charge < -0.3 is 10.2 Å². The molecule has 1 heterocycles. The summed E-state index contributed by atoms with van der Waals surface area (Å²) in [7, 11) is 0. The van der Waals surface area contributed by atoms with E-state index in [1.54, 1.807) is 0 Å². The molecular formula is C15H20N2O. The average Bonchev–Trinajstić information content (AvgIpc) is 3.14. The van der Waals surface area contributed by atoms with E-state index in [0.29, 0.717) is 6.54 Å². The number of nitrogens with one attached hydrogen (secondary N) is 1. The number of rotatable bonds is 3. The summed E-state index contributed by atoms with van der Waals surface area (Å²) in [6.45, 7) is 5.30. The van der Waals surface area contributed by atoms with Crippen LogP contribution in [0.2, 0.25) is 0 Å². The van der Waals surface area contributed by atoms with Gasteiger partial charge in [0.1, 0.15) is 0 Å². The number of aryl methyl sites for hydroxylation is 1. The minimum Gasteiger partial charge on any atom is -0.339 e. The molecule has 0 aromatic heterocycles. The number of carbonyl (C=O) groups excluding carboxylic acids is 1. The molecule has 2 aliphatic rings. The number of hydrogen-bond acceptors (Lipinski definition) is 2. The number of hydrogen-bond donors (Lipinski definition) is 1. The van der Waals surface area contributed by atoms with Gasteiger partial charge in [0, 0.05) is 25.0 Å². The van der Waals surface area contributed by atoms with Crippen molar-refractivity contribution in [2.75, 3.05) is 26.2 Å². The number of carbonyl (C=O) groups is 1. The minimum absolute atomic E-state index is 0.250. The van der Waals surface area contributed by atoms with Gasteiger partial charge in [-0.25, -0.2) is 0 Å². The van der Waals surface area contributed by atoms with Crippen LogP contribution in [0.1, 0.15) is 24.0 Å². The molecule has 1 aliphatic heterocycles. The van der Waals surface area contributed by atoms with Gasteiger partial charge in [0.25, 0.3) is 0 Å². The first-order chi connectivity index (χ1) is 8.70. The third-order valence-electron chi connectivity index (χ3n) is 4.20. The average molecular weight is 244 g/mol. The molecular weight excluding hydrogens is 224 g/mol. The van der Waals surface area contributed by atoms with Crippen LogP contribution in [0.5, 0.6) is 0 Å². The molecule has 3 heteroatoms. The lowest BCUT2D eigenvalue weighted by Crippen LogP contribution is -2.50. The lowest BCUT2D eigenvalue weighted by molar-refractivity contribution is -0.132. The molecule has 96 valence electrons. The Kier molecular flexibility index (Phi) is 2.86. The van der Waals surface area contributed by atoms with E-state index in [9.17, 15) is 4.79 Å². The third-order valence-corrected chi connectivity index (χ3v) is 4.20. The van der Waals surface area contributed by atoms with Crippen molar-refractivity contribution in [3.63, 3.8) is 0 Å². The van der Waals surface area contributed by atoms with Crippen molar-refractivity contribution in [3.8, 4) is 0 Å². The first kappa shape index (κ1) is 11.7. The summed E-state index contributed by atoms with van der Waals surface area (Å²) in [5.74, 6) is 0.250. The van der Waals surface area contributed by atoms with Gasteiger partial charge in [0.15, 0.2) is 0 Å². The molecule has 18 heavy (non-hydrogen) atoms. The lowest BCUT2D eigenvalue weighted by atomic mass is 9.94. The van der Waals surface area contributed by atoms with Crippen molar-refractivity contribution in [1.82, 2.24) is 10.2 Å². The zero-order valence-electron chi connectivity index (χ0n) is 10.9. The van der Waals surface area contributed by atoms with Gasteiger partial charge in [-0.3, -0.25) is 4.79 Å².